The number of aryl methyl sites for hydroxylation is 1. The van der Waals surface area contributed by atoms with Gasteiger partial charge in [-0.3, -0.25) is 9.78 Å². The fraction of sp³-hybridized carbons (Fsp3) is 0.400. The van der Waals surface area contributed by atoms with Crippen LogP contribution in [0, 0.1) is 0 Å². The molecule has 1 rings (SSSR count). The largest absolute Gasteiger partial charge is 0.344 e. The molecule has 0 spiro atoms. The average molecular weight is 209 g/mol. The molecule has 0 aliphatic rings. The maximum atomic E-state index is 11.8. The Bertz CT molecular complexity index is 413. The Morgan fingerprint density at radius 3 is 2.69 bits per heavy atom. The Labute approximate surface area is 74.8 Å². The topological polar surface area (TPSA) is 67.8 Å². The number of alkyl halides is 2. The van der Waals surface area contributed by atoms with Crippen LogP contribution in [0.2, 0.25) is 0 Å². The Morgan fingerprint density at radius 2 is 2.15 bits per heavy atom. The summed E-state index contributed by atoms with van der Waals surface area (Å²) in [7, 11) is 1.26. The number of aromatic nitrogens is 3. The number of hydrogen-bond donors (Lipinski definition) is 1. The van der Waals surface area contributed by atoms with E-state index >= 15 is 0 Å². The highest BCUT2D eigenvalue weighted by Gasteiger charge is 2.11. The molecule has 0 aromatic carbocycles. The van der Waals surface area contributed by atoms with Crippen molar-refractivity contribution in [3.05, 3.63) is 20.8 Å². The number of thioether (sulfide) groups is 1. The molecular formula is C5H5F2N3O2S. The molecular weight excluding hydrogens is 204 g/mol. The van der Waals surface area contributed by atoms with E-state index in [1.165, 1.54) is 7.05 Å². The summed E-state index contributed by atoms with van der Waals surface area (Å²) in [5.41, 5.74) is -1.63. The SMILES string of the molecule is Cn1nc(SC(F)F)c(=O)[nH]c1=O. The molecule has 0 aliphatic carbocycles. The molecule has 0 amide bonds. The molecule has 0 unspecified atom stereocenters. The van der Waals surface area contributed by atoms with E-state index in [1.54, 1.807) is 0 Å². The van der Waals surface area contributed by atoms with Gasteiger partial charge in [0, 0.05) is 7.05 Å². The van der Waals surface area contributed by atoms with Crippen molar-refractivity contribution in [2.45, 2.75) is 10.8 Å². The van der Waals surface area contributed by atoms with Crippen molar-refractivity contribution in [3.63, 3.8) is 0 Å². The van der Waals surface area contributed by atoms with Crippen LogP contribution in [-0.4, -0.2) is 20.5 Å². The lowest BCUT2D eigenvalue weighted by molar-refractivity contribution is 0.251. The minimum Gasteiger partial charge on any atom is -0.270 e. The van der Waals surface area contributed by atoms with Crippen LogP contribution >= 0.6 is 11.8 Å². The lowest BCUT2D eigenvalue weighted by atomic mass is 10.8. The summed E-state index contributed by atoms with van der Waals surface area (Å²) in [4.78, 5) is 23.4. The van der Waals surface area contributed by atoms with Gasteiger partial charge in [-0.2, -0.15) is 13.9 Å². The van der Waals surface area contributed by atoms with Crippen LogP contribution in [0.15, 0.2) is 14.6 Å². The molecule has 0 saturated carbocycles. The Balaban J connectivity index is 3.17. The first kappa shape index (κ1) is 9.90. The smallest absolute Gasteiger partial charge is 0.270 e. The van der Waals surface area contributed by atoms with E-state index in [9.17, 15) is 18.4 Å². The standard InChI is InChI=1S/C5H5F2N3O2S/c1-10-5(12)8-2(11)3(9-10)13-4(6)7/h4H,1H3,(H,8,11,12). The molecule has 72 valence electrons. The van der Waals surface area contributed by atoms with Crippen molar-refractivity contribution in [1.29, 1.82) is 0 Å². The minimum atomic E-state index is -2.73. The van der Waals surface area contributed by atoms with Crippen molar-refractivity contribution >= 4 is 11.8 Å². The molecule has 1 heterocycles. The van der Waals surface area contributed by atoms with E-state index < -0.39 is 22.0 Å². The zero-order chi connectivity index (χ0) is 10.0. The molecule has 5 nitrogen and oxygen atoms in total. The monoisotopic (exact) mass is 209 g/mol. The quantitative estimate of drug-likeness (QED) is 0.684. The molecule has 0 fully saturated rings. The maximum Gasteiger partial charge on any atom is 0.344 e. The molecule has 1 N–H and O–H groups in total. The summed E-state index contributed by atoms with van der Waals surface area (Å²) < 4.78 is 24.4. The number of halogens is 2. The number of nitrogens with one attached hydrogen (secondary N) is 1. The molecule has 13 heavy (non-hydrogen) atoms. The third-order valence-corrected chi connectivity index (χ3v) is 1.82. The van der Waals surface area contributed by atoms with Gasteiger partial charge in [-0.05, 0) is 11.8 Å². The van der Waals surface area contributed by atoms with Crippen LogP contribution in [0.4, 0.5) is 8.78 Å². The highest BCUT2D eigenvalue weighted by molar-refractivity contribution is 7.99. The van der Waals surface area contributed by atoms with Gasteiger partial charge in [0.15, 0.2) is 5.03 Å². The zero-order valence-electron chi connectivity index (χ0n) is 6.45. The third kappa shape index (κ3) is 2.38. The van der Waals surface area contributed by atoms with Gasteiger partial charge in [-0.1, -0.05) is 0 Å². The number of hydrogen-bond acceptors (Lipinski definition) is 4. The van der Waals surface area contributed by atoms with Gasteiger partial charge in [0.05, 0.1) is 0 Å². The van der Waals surface area contributed by atoms with Gasteiger partial charge >= 0.3 is 5.69 Å². The predicted molar refractivity (Wildman–Crippen MR) is 42.0 cm³/mol. The van der Waals surface area contributed by atoms with Gasteiger partial charge < -0.3 is 0 Å². The predicted octanol–water partition coefficient (Wildman–Crippen LogP) is -0.217. The first-order valence-electron chi connectivity index (χ1n) is 3.13. The lowest BCUT2D eigenvalue weighted by Crippen LogP contribution is -2.31. The summed E-state index contributed by atoms with van der Waals surface area (Å²) in [6.07, 6.45) is 0. The van der Waals surface area contributed by atoms with Gasteiger partial charge in [0.25, 0.3) is 11.3 Å². The Morgan fingerprint density at radius 1 is 1.54 bits per heavy atom. The van der Waals surface area contributed by atoms with E-state index in [0.717, 1.165) is 4.68 Å². The molecule has 0 radical (unpaired) electrons. The molecule has 1 aromatic heterocycles. The Kier molecular flexibility index (Phi) is 2.81. The summed E-state index contributed by atoms with van der Waals surface area (Å²) in [5, 5.41) is 2.94. The van der Waals surface area contributed by atoms with E-state index in [1.807, 2.05) is 4.98 Å². The zero-order valence-corrected chi connectivity index (χ0v) is 7.27. The third-order valence-electron chi connectivity index (χ3n) is 1.15. The number of H-pyrrole nitrogens is 1. The van der Waals surface area contributed by atoms with E-state index in [2.05, 4.69) is 5.10 Å². The van der Waals surface area contributed by atoms with Crippen molar-refractivity contribution in [2.75, 3.05) is 0 Å². The number of nitrogens with zero attached hydrogens (tertiary/aromatic N) is 2. The fourth-order valence-corrected chi connectivity index (χ4v) is 1.12. The summed E-state index contributed by atoms with van der Waals surface area (Å²) >= 11 is -0.000000000000000444. The van der Waals surface area contributed by atoms with Crippen LogP contribution < -0.4 is 11.2 Å². The van der Waals surface area contributed by atoms with Crippen LogP contribution in [0.1, 0.15) is 0 Å². The number of rotatable bonds is 2. The fourth-order valence-electron chi connectivity index (χ4n) is 0.620. The van der Waals surface area contributed by atoms with Gasteiger partial charge in [0.2, 0.25) is 0 Å². The van der Waals surface area contributed by atoms with Crippen molar-refractivity contribution in [2.24, 2.45) is 7.05 Å². The molecule has 0 atom stereocenters. The van der Waals surface area contributed by atoms with Crippen molar-refractivity contribution in [3.8, 4) is 0 Å². The maximum absolute atomic E-state index is 11.8. The molecule has 1 aromatic rings. The molecule has 0 aliphatic heterocycles. The number of aromatic amines is 1. The normalized spacial score (nSPS) is 10.8. The van der Waals surface area contributed by atoms with E-state index in [4.69, 9.17) is 0 Å². The lowest BCUT2D eigenvalue weighted by Gasteiger charge is -1.99. The van der Waals surface area contributed by atoms with Crippen LogP contribution in [0.5, 0.6) is 0 Å². The second kappa shape index (κ2) is 3.69. The second-order valence-electron chi connectivity index (χ2n) is 2.07. The highest BCUT2D eigenvalue weighted by atomic mass is 32.2. The van der Waals surface area contributed by atoms with E-state index in [-0.39, 0.29) is 11.8 Å². The Hall–Kier alpha value is -1.18. The highest BCUT2D eigenvalue weighted by Crippen LogP contribution is 2.18. The molecule has 8 heteroatoms. The second-order valence-corrected chi connectivity index (χ2v) is 3.05. The minimum absolute atomic E-state index is 0.000000000000000444. The van der Waals surface area contributed by atoms with Crippen LogP contribution in [0.25, 0.3) is 0 Å². The van der Waals surface area contributed by atoms with Gasteiger partial charge in [-0.25, -0.2) is 9.48 Å². The molecule has 0 bridgehead atoms. The summed E-state index contributed by atoms with van der Waals surface area (Å²) in [5.74, 6) is -2.73. The first-order chi connectivity index (χ1) is 6.00. The molecule has 0 saturated heterocycles. The van der Waals surface area contributed by atoms with Crippen LogP contribution in [0.3, 0.4) is 0 Å². The average Bonchev–Trinajstić information content (AvgIpc) is 1.99. The van der Waals surface area contributed by atoms with Gasteiger partial charge in [0.1, 0.15) is 0 Å². The van der Waals surface area contributed by atoms with Gasteiger partial charge in [-0.15, -0.1) is 0 Å². The van der Waals surface area contributed by atoms with Crippen molar-refractivity contribution < 1.29 is 8.78 Å². The first-order valence-corrected chi connectivity index (χ1v) is 4.01. The summed E-state index contributed by atoms with van der Waals surface area (Å²) in [6, 6.07) is 0. The van der Waals surface area contributed by atoms with Crippen LogP contribution in [-0.2, 0) is 7.05 Å². The van der Waals surface area contributed by atoms with Crippen molar-refractivity contribution in [1.82, 2.24) is 14.8 Å². The van der Waals surface area contributed by atoms with E-state index in [0.29, 0.717) is 0 Å². The summed E-state index contributed by atoms with van der Waals surface area (Å²) in [6.45, 7) is 0.